The average molecular weight is 439 g/mol. The highest BCUT2D eigenvalue weighted by molar-refractivity contribution is 7.92. The molecule has 4 rings (SSSR count). The second-order valence-electron chi connectivity index (χ2n) is 7.24. The van der Waals surface area contributed by atoms with E-state index in [0.29, 0.717) is 23.1 Å². The van der Waals surface area contributed by atoms with E-state index in [0.717, 1.165) is 5.69 Å². The van der Waals surface area contributed by atoms with Crippen LogP contribution in [-0.4, -0.2) is 37.5 Å². The van der Waals surface area contributed by atoms with Gasteiger partial charge in [0.2, 0.25) is 0 Å². The third-order valence-electron chi connectivity index (χ3n) is 4.51. The molecule has 0 bridgehead atoms. The van der Waals surface area contributed by atoms with E-state index in [-0.39, 0.29) is 10.9 Å². The molecule has 11 heteroatoms. The summed E-state index contributed by atoms with van der Waals surface area (Å²) < 4.78 is 31.4. The van der Waals surface area contributed by atoms with E-state index in [9.17, 15) is 8.42 Å². The fraction of sp³-hybridized carbons (Fsp3) is 0.200. The molecule has 0 spiro atoms. The summed E-state index contributed by atoms with van der Waals surface area (Å²) in [5.41, 5.74) is 1.18. The van der Waals surface area contributed by atoms with Crippen LogP contribution in [0, 0.1) is 0 Å². The zero-order chi connectivity index (χ0) is 22.0. The maximum Gasteiger partial charge on any atom is 0.280 e. The van der Waals surface area contributed by atoms with E-state index in [4.69, 9.17) is 0 Å². The molecule has 3 heterocycles. The predicted octanol–water partition coefficient (Wildman–Crippen LogP) is 3.06. The molecule has 1 aromatic carbocycles. The van der Waals surface area contributed by atoms with Crippen molar-refractivity contribution < 1.29 is 8.42 Å². The lowest BCUT2D eigenvalue weighted by molar-refractivity contribution is 0.597. The van der Waals surface area contributed by atoms with Crippen molar-refractivity contribution in [1.82, 2.24) is 29.1 Å². The van der Waals surface area contributed by atoms with Gasteiger partial charge in [0.15, 0.2) is 5.03 Å². The average Bonchev–Trinajstić information content (AvgIpc) is 3.40. The molecule has 160 valence electrons. The van der Waals surface area contributed by atoms with Gasteiger partial charge in [0.1, 0.15) is 30.1 Å². The number of hydrogen-bond donors (Lipinski definition) is 2. The summed E-state index contributed by atoms with van der Waals surface area (Å²) in [6.45, 7) is 3.93. The van der Waals surface area contributed by atoms with Gasteiger partial charge >= 0.3 is 0 Å². The van der Waals surface area contributed by atoms with Crippen LogP contribution in [0.3, 0.4) is 0 Å². The Labute approximate surface area is 180 Å². The van der Waals surface area contributed by atoms with E-state index < -0.39 is 10.0 Å². The first-order valence-electron chi connectivity index (χ1n) is 9.55. The second-order valence-corrected chi connectivity index (χ2v) is 8.87. The monoisotopic (exact) mass is 438 g/mol. The quantitative estimate of drug-likeness (QED) is 0.455. The highest BCUT2D eigenvalue weighted by Gasteiger charge is 2.20. The molecule has 0 radical (unpaired) electrons. The number of sulfonamides is 1. The topological polar surface area (TPSA) is 120 Å². The van der Waals surface area contributed by atoms with Crippen LogP contribution in [0.2, 0.25) is 0 Å². The molecule has 0 unspecified atom stereocenters. The first-order valence-corrected chi connectivity index (χ1v) is 11.0. The number of aromatic nitrogens is 6. The number of rotatable bonds is 7. The van der Waals surface area contributed by atoms with Gasteiger partial charge in [-0.15, -0.1) is 0 Å². The molecular formula is C20H22N8O2S. The molecule has 4 aromatic rings. The maximum atomic E-state index is 12.7. The van der Waals surface area contributed by atoms with Crippen molar-refractivity contribution >= 4 is 27.2 Å². The minimum absolute atomic E-state index is 0.00563. The molecule has 0 atom stereocenters. The van der Waals surface area contributed by atoms with Crippen molar-refractivity contribution in [3.8, 4) is 5.82 Å². The minimum atomic E-state index is -3.78. The summed E-state index contributed by atoms with van der Waals surface area (Å²) >= 11 is 0. The summed E-state index contributed by atoms with van der Waals surface area (Å²) in [5.74, 6) is 2.10. The fourth-order valence-corrected chi connectivity index (χ4v) is 4.11. The molecule has 0 saturated carbocycles. The summed E-state index contributed by atoms with van der Waals surface area (Å²) in [4.78, 5) is 16.7. The summed E-state index contributed by atoms with van der Waals surface area (Å²) in [6.07, 6.45) is 8.08. The zero-order valence-corrected chi connectivity index (χ0v) is 18.1. The minimum Gasteiger partial charge on any atom is -0.340 e. The predicted molar refractivity (Wildman–Crippen MR) is 117 cm³/mol. The molecule has 0 saturated heterocycles. The van der Waals surface area contributed by atoms with Gasteiger partial charge in [0.25, 0.3) is 10.0 Å². The molecule has 31 heavy (non-hydrogen) atoms. The number of nitrogens with one attached hydrogen (secondary N) is 2. The van der Waals surface area contributed by atoms with Crippen molar-refractivity contribution in [2.75, 3.05) is 10.0 Å². The largest absolute Gasteiger partial charge is 0.340 e. The van der Waals surface area contributed by atoms with E-state index >= 15 is 0 Å². The SMILES string of the molecule is CC(C)c1nc(S(=O)(=O)Nc2ccc(Nc3cc(-n4ccnc4)ncn3)cc2)cn1C. The standard InChI is InChI=1S/C20H22N8O2S/c1-14(2)20-25-19(11-27(20)3)31(29,30)26-16-6-4-15(5-7-16)24-17-10-18(23-12-22-17)28-9-8-21-13-28/h4-14,26H,1-3H3,(H,22,23,24). The molecule has 3 aromatic heterocycles. The molecule has 0 fully saturated rings. The van der Waals surface area contributed by atoms with Crippen LogP contribution in [0.1, 0.15) is 25.6 Å². The Morgan fingerprint density at radius 1 is 1.06 bits per heavy atom. The number of imidazole rings is 2. The Bertz CT molecular complexity index is 1280. The third-order valence-corrected chi connectivity index (χ3v) is 5.76. The van der Waals surface area contributed by atoms with Gasteiger partial charge in [-0.2, -0.15) is 8.42 Å². The van der Waals surface area contributed by atoms with Gasteiger partial charge in [-0.05, 0) is 24.3 Å². The number of benzene rings is 1. The highest BCUT2D eigenvalue weighted by atomic mass is 32.2. The molecular weight excluding hydrogens is 416 g/mol. The first-order chi connectivity index (χ1) is 14.8. The normalized spacial score (nSPS) is 11.6. The second kappa shape index (κ2) is 8.19. The van der Waals surface area contributed by atoms with Gasteiger partial charge in [0.05, 0.1) is 0 Å². The summed E-state index contributed by atoms with van der Waals surface area (Å²) in [7, 11) is -2.00. The van der Waals surface area contributed by atoms with E-state index in [1.54, 1.807) is 65.2 Å². The molecule has 0 aliphatic heterocycles. The van der Waals surface area contributed by atoms with Crippen molar-refractivity contribution in [2.24, 2.45) is 7.05 Å². The van der Waals surface area contributed by atoms with Crippen LogP contribution in [0.25, 0.3) is 5.82 Å². The Hall–Kier alpha value is -3.73. The number of aryl methyl sites for hydroxylation is 1. The summed E-state index contributed by atoms with van der Waals surface area (Å²) in [6, 6.07) is 8.64. The van der Waals surface area contributed by atoms with E-state index in [1.807, 2.05) is 13.8 Å². The Morgan fingerprint density at radius 3 is 2.45 bits per heavy atom. The molecule has 2 N–H and O–H groups in total. The zero-order valence-electron chi connectivity index (χ0n) is 17.3. The third kappa shape index (κ3) is 4.56. The smallest absolute Gasteiger partial charge is 0.280 e. The first kappa shape index (κ1) is 20.5. The molecule has 0 aliphatic rings. The van der Waals surface area contributed by atoms with Crippen LogP contribution < -0.4 is 10.0 Å². The molecule has 10 nitrogen and oxygen atoms in total. The lowest BCUT2D eigenvalue weighted by Crippen LogP contribution is -2.13. The number of anilines is 3. The van der Waals surface area contributed by atoms with Crippen LogP contribution in [0.4, 0.5) is 17.2 Å². The van der Waals surface area contributed by atoms with E-state index in [2.05, 4.69) is 30.0 Å². The number of nitrogens with zero attached hydrogens (tertiary/aromatic N) is 6. The summed E-state index contributed by atoms with van der Waals surface area (Å²) in [5, 5.41) is 3.17. The maximum absolute atomic E-state index is 12.7. The molecule has 0 amide bonds. The van der Waals surface area contributed by atoms with Crippen molar-refractivity contribution in [3.05, 3.63) is 67.4 Å². The Kier molecular flexibility index (Phi) is 5.42. The van der Waals surface area contributed by atoms with Gasteiger partial charge < -0.3 is 9.88 Å². The van der Waals surface area contributed by atoms with Gasteiger partial charge in [0, 0.05) is 49.0 Å². The van der Waals surface area contributed by atoms with Crippen molar-refractivity contribution in [1.29, 1.82) is 0 Å². The fourth-order valence-electron chi connectivity index (χ4n) is 3.05. The van der Waals surface area contributed by atoms with Gasteiger partial charge in [-0.25, -0.2) is 19.9 Å². The van der Waals surface area contributed by atoms with Crippen LogP contribution in [-0.2, 0) is 17.1 Å². The van der Waals surface area contributed by atoms with Gasteiger partial charge in [-0.3, -0.25) is 9.29 Å². The number of hydrogen-bond acceptors (Lipinski definition) is 7. The van der Waals surface area contributed by atoms with Gasteiger partial charge in [-0.1, -0.05) is 13.8 Å². The van der Waals surface area contributed by atoms with E-state index in [1.165, 1.54) is 12.5 Å². The van der Waals surface area contributed by atoms with Crippen LogP contribution >= 0.6 is 0 Å². The van der Waals surface area contributed by atoms with Crippen LogP contribution in [0.5, 0.6) is 0 Å². The highest BCUT2D eigenvalue weighted by Crippen LogP contribution is 2.22. The lowest BCUT2D eigenvalue weighted by atomic mass is 10.2. The van der Waals surface area contributed by atoms with Crippen LogP contribution in [0.15, 0.2) is 66.6 Å². The van der Waals surface area contributed by atoms with Crippen molar-refractivity contribution in [3.63, 3.8) is 0 Å². The van der Waals surface area contributed by atoms with Crippen molar-refractivity contribution in [2.45, 2.75) is 24.8 Å². The Balaban J connectivity index is 1.47. The molecule has 0 aliphatic carbocycles. The Morgan fingerprint density at radius 2 is 1.81 bits per heavy atom. The lowest BCUT2D eigenvalue weighted by Gasteiger charge is -2.09.